The second-order valence-electron chi connectivity index (χ2n) is 6.18. The highest BCUT2D eigenvalue weighted by atomic mass is 16.5. The van der Waals surface area contributed by atoms with Gasteiger partial charge < -0.3 is 10.5 Å². The third-order valence-electron chi connectivity index (χ3n) is 4.86. The molecule has 0 unspecified atom stereocenters. The molecule has 4 rings (SSSR count). The van der Waals surface area contributed by atoms with Crippen LogP contribution in [0.2, 0.25) is 0 Å². The highest BCUT2D eigenvalue weighted by molar-refractivity contribution is 5.44. The first-order valence-corrected chi connectivity index (χ1v) is 7.34. The van der Waals surface area contributed by atoms with E-state index < -0.39 is 0 Å². The molecule has 2 saturated carbocycles. The first kappa shape index (κ1) is 12.0. The second-order valence-corrected chi connectivity index (χ2v) is 6.18. The van der Waals surface area contributed by atoms with Crippen molar-refractivity contribution < 1.29 is 4.74 Å². The van der Waals surface area contributed by atoms with Gasteiger partial charge in [-0.3, -0.25) is 0 Å². The van der Waals surface area contributed by atoms with E-state index in [4.69, 9.17) is 10.5 Å². The summed E-state index contributed by atoms with van der Waals surface area (Å²) in [6.45, 7) is 0. The Morgan fingerprint density at radius 1 is 0.800 bits per heavy atom. The molecule has 2 N–H and O–H groups in total. The third-order valence-corrected chi connectivity index (χ3v) is 4.86. The summed E-state index contributed by atoms with van der Waals surface area (Å²) in [5, 5.41) is 0. The van der Waals surface area contributed by atoms with Crippen LogP contribution in [-0.2, 0) is 5.41 Å². The molecule has 0 amide bonds. The summed E-state index contributed by atoms with van der Waals surface area (Å²) in [7, 11) is 0. The van der Waals surface area contributed by atoms with Crippen LogP contribution in [0.1, 0.15) is 31.2 Å². The smallest absolute Gasteiger partial charge is 0.127 e. The fraction of sp³-hybridized carbons (Fsp3) is 0.333. The highest BCUT2D eigenvalue weighted by Gasteiger charge is 2.64. The SMILES string of the molecule is NC1(C2(c3cccc(Oc4ccccc4)c3)CC2)CC1. The minimum absolute atomic E-state index is 0.0539. The molecule has 2 aliphatic carbocycles. The van der Waals surface area contributed by atoms with Crippen molar-refractivity contribution >= 4 is 0 Å². The summed E-state index contributed by atoms with van der Waals surface area (Å²) in [4.78, 5) is 0. The molecule has 2 nitrogen and oxygen atoms in total. The van der Waals surface area contributed by atoms with Gasteiger partial charge in [-0.2, -0.15) is 0 Å². The van der Waals surface area contributed by atoms with Crippen LogP contribution >= 0.6 is 0 Å². The molecule has 20 heavy (non-hydrogen) atoms. The van der Waals surface area contributed by atoms with E-state index in [1.54, 1.807) is 0 Å². The highest BCUT2D eigenvalue weighted by Crippen LogP contribution is 2.63. The average molecular weight is 265 g/mol. The molecule has 0 heterocycles. The zero-order valence-electron chi connectivity index (χ0n) is 11.5. The number of nitrogens with two attached hydrogens (primary N) is 1. The zero-order chi connectivity index (χ0) is 13.6. The van der Waals surface area contributed by atoms with Crippen LogP contribution in [0.3, 0.4) is 0 Å². The molecule has 0 saturated heterocycles. The van der Waals surface area contributed by atoms with Crippen LogP contribution in [0.25, 0.3) is 0 Å². The van der Waals surface area contributed by atoms with Gasteiger partial charge in [0.25, 0.3) is 0 Å². The molecule has 0 radical (unpaired) electrons. The van der Waals surface area contributed by atoms with Crippen molar-refractivity contribution in [1.82, 2.24) is 0 Å². The van der Waals surface area contributed by atoms with Crippen LogP contribution in [-0.4, -0.2) is 5.54 Å². The number of ether oxygens (including phenoxy) is 1. The molecular weight excluding hydrogens is 246 g/mol. The predicted octanol–water partition coefficient (Wildman–Crippen LogP) is 4.00. The number of benzene rings is 2. The Hall–Kier alpha value is -1.80. The maximum absolute atomic E-state index is 6.48. The number of rotatable bonds is 4. The fourth-order valence-corrected chi connectivity index (χ4v) is 3.29. The summed E-state index contributed by atoms with van der Waals surface area (Å²) in [6, 6.07) is 18.4. The summed E-state index contributed by atoms with van der Waals surface area (Å²) in [5.74, 6) is 1.78. The lowest BCUT2D eigenvalue weighted by molar-refractivity contribution is 0.473. The van der Waals surface area contributed by atoms with Crippen LogP contribution in [0.15, 0.2) is 54.6 Å². The summed E-state index contributed by atoms with van der Waals surface area (Å²) < 4.78 is 5.93. The van der Waals surface area contributed by atoms with Crippen molar-refractivity contribution in [2.75, 3.05) is 0 Å². The molecule has 2 aromatic carbocycles. The maximum atomic E-state index is 6.48. The molecule has 2 fully saturated rings. The minimum Gasteiger partial charge on any atom is -0.457 e. The third kappa shape index (κ3) is 1.83. The Labute approximate surface area is 119 Å². The van der Waals surface area contributed by atoms with Crippen LogP contribution in [0, 0.1) is 0 Å². The van der Waals surface area contributed by atoms with E-state index in [-0.39, 0.29) is 11.0 Å². The first-order chi connectivity index (χ1) is 9.72. The fourth-order valence-electron chi connectivity index (χ4n) is 3.29. The standard InChI is InChI=1S/C18H19NO/c19-18(11-12-18)17(9-10-17)14-5-4-8-16(13-14)20-15-6-2-1-3-7-15/h1-8,13H,9-12,19H2. The van der Waals surface area contributed by atoms with E-state index in [0.717, 1.165) is 24.3 Å². The van der Waals surface area contributed by atoms with Gasteiger partial charge in [0, 0.05) is 11.0 Å². The lowest BCUT2D eigenvalue weighted by atomic mass is 9.86. The Morgan fingerprint density at radius 3 is 2.15 bits per heavy atom. The molecule has 0 aliphatic heterocycles. The van der Waals surface area contributed by atoms with Crippen LogP contribution in [0.5, 0.6) is 11.5 Å². The molecule has 102 valence electrons. The summed E-state index contributed by atoms with van der Waals surface area (Å²) in [6.07, 6.45) is 4.77. The molecule has 0 aromatic heterocycles. The number of para-hydroxylation sites is 1. The van der Waals surface area contributed by atoms with E-state index in [1.807, 2.05) is 36.4 Å². The summed E-state index contributed by atoms with van der Waals surface area (Å²) in [5.41, 5.74) is 8.11. The van der Waals surface area contributed by atoms with E-state index >= 15 is 0 Å². The van der Waals surface area contributed by atoms with Crippen molar-refractivity contribution in [3.63, 3.8) is 0 Å². The number of hydrogen-bond acceptors (Lipinski definition) is 2. The molecule has 0 atom stereocenters. The van der Waals surface area contributed by atoms with Crippen molar-refractivity contribution in [2.24, 2.45) is 5.73 Å². The monoisotopic (exact) mass is 265 g/mol. The Morgan fingerprint density at radius 2 is 1.50 bits per heavy atom. The quantitative estimate of drug-likeness (QED) is 0.906. The van der Waals surface area contributed by atoms with Crippen molar-refractivity contribution in [1.29, 1.82) is 0 Å². The van der Waals surface area contributed by atoms with E-state index in [2.05, 4.69) is 18.2 Å². The van der Waals surface area contributed by atoms with Crippen molar-refractivity contribution in [3.05, 3.63) is 60.2 Å². The normalized spacial score (nSPS) is 21.2. The lowest BCUT2D eigenvalue weighted by Crippen LogP contribution is -2.37. The molecule has 2 aromatic rings. The molecule has 0 spiro atoms. The lowest BCUT2D eigenvalue weighted by Gasteiger charge is -2.23. The van der Waals surface area contributed by atoms with Crippen molar-refractivity contribution in [2.45, 2.75) is 36.6 Å². The van der Waals surface area contributed by atoms with Gasteiger partial charge >= 0.3 is 0 Å². The van der Waals surface area contributed by atoms with E-state index in [0.29, 0.717) is 0 Å². The Balaban J connectivity index is 1.62. The molecule has 2 heteroatoms. The van der Waals surface area contributed by atoms with Gasteiger partial charge in [-0.15, -0.1) is 0 Å². The minimum atomic E-state index is 0.0539. The van der Waals surface area contributed by atoms with Gasteiger partial charge in [-0.05, 0) is 55.5 Å². The molecule has 2 aliphatic rings. The number of hydrogen-bond donors (Lipinski definition) is 1. The van der Waals surface area contributed by atoms with E-state index in [1.165, 1.54) is 18.4 Å². The summed E-state index contributed by atoms with van der Waals surface area (Å²) >= 11 is 0. The Bertz CT molecular complexity index is 627. The second kappa shape index (κ2) is 4.10. The van der Waals surface area contributed by atoms with Crippen LogP contribution < -0.4 is 10.5 Å². The van der Waals surface area contributed by atoms with Crippen LogP contribution in [0.4, 0.5) is 0 Å². The van der Waals surface area contributed by atoms with E-state index in [9.17, 15) is 0 Å². The molecule has 0 bridgehead atoms. The van der Waals surface area contributed by atoms with Crippen molar-refractivity contribution in [3.8, 4) is 11.5 Å². The first-order valence-electron chi connectivity index (χ1n) is 7.34. The Kier molecular flexibility index (Phi) is 2.45. The molecular formula is C18H19NO. The van der Waals surface area contributed by atoms with Gasteiger partial charge in [-0.25, -0.2) is 0 Å². The largest absolute Gasteiger partial charge is 0.457 e. The maximum Gasteiger partial charge on any atom is 0.127 e. The zero-order valence-corrected chi connectivity index (χ0v) is 11.5. The van der Waals surface area contributed by atoms with Gasteiger partial charge in [0.15, 0.2) is 0 Å². The van der Waals surface area contributed by atoms with Gasteiger partial charge in [-0.1, -0.05) is 30.3 Å². The topological polar surface area (TPSA) is 35.2 Å². The van der Waals surface area contributed by atoms with Gasteiger partial charge in [0.1, 0.15) is 11.5 Å². The predicted molar refractivity (Wildman–Crippen MR) is 80.0 cm³/mol. The van der Waals surface area contributed by atoms with Gasteiger partial charge in [0.05, 0.1) is 0 Å². The van der Waals surface area contributed by atoms with Gasteiger partial charge in [0.2, 0.25) is 0 Å². The average Bonchev–Trinajstić information content (AvgIpc) is 3.36.